The molecule has 1 atom stereocenters. The molecule has 0 radical (unpaired) electrons. The van der Waals surface area contributed by atoms with Crippen LogP contribution in [0.1, 0.15) is 24.5 Å². The SMILES string of the molecule is CC[C@H]1C(=O)N(Cc2ccc3c(N)ncnc3c2)CCN1C(=O)C=Cc1csc(Cl)c1. The van der Waals surface area contributed by atoms with Crippen LogP contribution in [-0.4, -0.2) is 50.7 Å². The van der Waals surface area contributed by atoms with Gasteiger partial charge in [-0.25, -0.2) is 9.97 Å². The molecule has 0 bridgehead atoms. The van der Waals surface area contributed by atoms with Crippen molar-refractivity contribution in [2.24, 2.45) is 0 Å². The summed E-state index contributed by atoms with van der Waals surface area (Å²) in [5.41, 5.74) is 8.48. The third-order valence-electron chi connectivity index (χ3n) is 5.36. The van der Waals surface area contributed by atoms with E-state index in [0.29, 0.717) is 36.2 Å². The molecule has 31 heavy (non-hydrogen) atoms. The number of piperazine rings is 1. The van der Waals surface area contributed by atoms with Gasteiger partial charge in [-0.2, -0.15) is 0 Å². The van der Waals surface area contributed by atoms with Gasteiger partial charge in [0.15, 0.2) is 0 Å². The largest absolute Gasteiger partial charge is 0.383 e. The third kappa shape index (κ3) is 4.55. The maximum atomic E-state index is 13.1. The van der Waals surface area contributed by atoms with Crippen LogP contribution >= 0.6 is 22.9 Å². The Morgan fingerprint density at radius 2 is 2.16 bits per heavy atom. The highest BCUT2D eigenvalue weighted by molar-refractivity contribution is 7.14. The zero-order valence-electron chi connectivity index (χ0n) is 17.0. The number of carbonyl (C=O) groups is 2. The Hall–Kier alpha value is -2.97. The van der Waals surface area contributed by atoms with Gasteiger partial charge in [0.05, 0.1) is 9.85 Å². The summed E-state index contributed by atoms with van der Waals surface area (Å²) >= 11 is 7.35. The van der Waals surface area contributed by atoms with Gasteiger partial charge >= 0.3 is 0 Å². The van der Waals surface area contributed by atoms with Crippen molar-refractivity contribution in [3.63, 3.8) is 0 Å². The van der Waals surface area contributed by atoms with E-state index in [1.807, 2.05) is 30.5 Å². The molecule has 7 nitrogen and oxygen atoms in total. The van der Waals surface area contributed by atoms with Crippen LogP contribution in [0.15, 0.2) is 42.0 Å². The van der Waals surface area contributed by atoms with E-state index < -0.39 is 6.04 Å². The molecule has 0 aliphatic carbocycles. The molecular weight excluding hydrogens is 434 g/mol. The molecule has 1 aliphatic rings. The highest BCUT2D eigenvalue weighted by Crippen LogP contribution is 2.23. The standard InChI is InChI=1S/C22H22ClN5O2S/c1-2-18-22(30)27(11-14-3-5-16-17(9-14)25-13-26-21(16)24)7-8-28(18)20(29)6-4-15-10-19(23)31-12-15/h3-6,9-10,12-13,18H,2,7-8,11H2,1H3,(H2,24,25,26)/t18-/m0/s1. The molecule has 0 spiro atoms. The number of rotatable bonds is 5. The van der Waals surface area contributed by atoms with Crippen LogP contribution in [0.2, 0.25) is 4.34 Å². The Balaban J connectivity index is 1.46. The van der Waals surface area contributed by atoms with Gasteiger partial charge in [-0.05, 0) is 47.2 Å². The normalized spacial score (nSPS) is 17.1. The fraction of sp³-hybridized carbons (Fsp3) is 0.273. The van der Waals surface area contributed by atoms with Crippen molar-refractivity contribution >= 4 is 57.5 Å². The topological polar surface area (TPSA) is 92.4 Å². The summed E-state index contributed by atoms with van der Waals surface area (Å²) in [6, 6.07) is 7.06. The Morgan fingerprint density at radius 3 is 2.90 bits per heavy atom. The fourth-order valence-electron chi connectivity index (χ4n) is 3.77. The number of carbonyl (C=O) groups excluding carboxylic acids is 2. The Labute approximate surface area is 189 Å². The van der Waals surface area contributed by atoms with Crippen LogP contribution in [0.25, 0.3) is 17.0 Å². The van der Waals surface area contributed by atoms with Gasteiger partial charge in [0.2, 0.25) is 11.8 Å². The molecule has 2 N–H and O–H groups in total. The first-order valence-corrected chi connectivity index (χ1v) is 11.2. The smallest absolute Gasteiger partial charge is 0.247 e. The van der Waals surface area contributed by atoms with Gasteiger partial charge in [0, 0.05) is 31.1 Å². The predicted octanol–water partition coefficient (Wildman–Crippen LogP) is 3.59. The van der Waals surface area contributed by atoms with Crippen molar-refractivity contribution in [3.05, 3.63) is 57.5 Å². The van der Waals surface area contributed by atoms with Gasteiger partial charge < -0.3 is 15.5 Å². The summed E-state index contributed by atoms with van der Waals surface area (Å²) in [6.45, 7) is 3.34. The Morgan fingerprint density at radius 1 is 1.32 bits per heavy atom. The summed E-state index contributed by atoms with van der Waals surface area (Å²) in [5, 5.41) is 2.67. The summed E-state index contributed by atoms with van der Waals surface area (Å²) in [4.78, 5) is 37.6. The molecule has 4 rings (SSSR count). The quantitative estimate of drug-likeness (QED) is 0.593. The van der Waals surface area contributed by atoms with Crippen LogP contribution < -0.4 is 5.73 Å². The number of nitrogen functional groups attached to an aromatic ring is 1. The molecule has 1 saturated heterocycles. The van der Waals surface area contributed by atoms with Crippen LogP contribution in [0.4, 0.5) is 5.82 Å². The van der Waals surface area contributed by atoms with Crippen LogP contribution in [0, 0.1) is 0 Å². The fourth-order valence-corrected chi connectivity index (χ4v) is 4.63. The molecule has 2 aromatic heterocycles. The second-order valence-electron chi connectivity index (χ2n) is 7.34. The molecule has 2 amide bonds. The molecule has 3 aromatic rings. The monoisotopic (exact) mass is 455 g/mol. The highest BCUT2D eigenvalue weighted by atomic mass is 35.5. The predicted molar refractivity (Wildman–Crippen MR) is 124 cm³/mol. The highest BCUT2D eigenvalue weighted by Gasteiger charge is 2.35. The molecular formula is C22H22ClN5O2S. The van der Waals surface area contributed by atoms with E-state index in [2.05, 4.69) is 9.97 Å². The Kier molecular flexibility index (Phi) is 6.20. The van der Waals surface area contributed by atoms with Crippen molar-refractivity contribution < 1.29 is 9.59 Å². The number of aromatic nitrogens is 2. The number of thiophene rings is 1. The van der Waals surface area contributed by atoms with Crippen LogP contribution in [0.3, 0.4) is 0 Å². The van der Waals surface area contributed by atoms with E-state index in [9.17, 15) is 9.59 Å². The molecule has 1 aliphatic heterocycles. The number of nitrogens with two attached hydrogens (primary N) is 1. The number of nitrogens with zero attached hydrogens (tertiary/aromatic N) is 4. The minimum atomic E-state index is -0.476. The van der Waals surface area contributed by atoms with Gasteiger partial charge in [-0.15, -0.1) is 11.3 Å². The average Bonchev–Trinajstić information content (AvgIpc) is 3.18. The van der Waals surface area contributed by atoms with E-state index in [0.717, 1.165) is 22.0 Å². The van der Waals surface area contributed by atoms with Gasteiger partial charge in [-0.1, -0.05) is 24.6 Å². The van der Waals surface area contributed by atoms with Crippen molar-refractivity contribution in [2.45, 2.75) is 25.9 Å². The van der Waals surface area contributed by atoms with Gasteiger partial charge in [-0.3, -0.25) is 9.59 Å². The molecule has 0 saturated carbocycles. The zero-order chi connectivity index (χ0) is 22.0. The number of anilines is 1. The lowest BCUT2D eigenvalue weighted by atomic mass is 10.1. The lowest BCUT2D eigenvalue weighted by Gasteiger charge is -2.40. The lowest BCUT2D eigenvalue weighted by molar-refractivity contribution is -0.149. The summed E-state index contributed by atoms with van der Waals surface area (Å²) < 4.78 is 0.671. The molecule has 160 valence electrons. The lowest BCUT2D eigenvalue weighted by Crippen LogP contribution is -2.57. The van der Waals surface area contributed by atoms with E-state index >= 15 is 0 Å². The van der Waals surface area contributed by atoms with Crippen molar-refractivity contribution in [1.29, 1.82) is 0 Å². The Bertz CT molecular complexity index is 1160. The number of hydrogen-bond donors (Lipinski definition) is 1. The average molecular weight is 456 g/mol. The number of hydrogen-bond acceptors (Lipinski definition) is 6. The van der Waals surface area contributed by atoms with E-state index in [1.54, 1.807) is 21.9 Å². The first-order valence-electron chi connectivity index (χ1n) is 9.97. The molecule has 1 fully saturated rings. The van der Waals surface area contributed by atoms with Crippen LogP contribution in [-0.2, 0) is 16.1 Å². The zero-order valence-corrected chi connectivity index (χ0v) is 18.6. The summed E-state index contributed by atoms with van der Waals surface area (Å²) in [5.74, 6) is 0.222. The van der Waals surface area contributed by atoms with E-state index in [1.165, 1.54) is 23.7 Å². The first-order chi connectivity index (χ1) is 15.0. The first kappa shape index (κ1) is 21.3. The summed E-state index contributed by atoms with van der Waals surface area (Å²) in [6.07, 6.45) is 5.23. The van der Waals surface area contributed by atoms with Gasteiger partial charge in [0.1, 0.15) is 18.2 Å². The summed E-state index contributed by atoms with van der Waals surface area (Å²) in [7, 11) is 0. The van der Waals surface area contributed by atoms with Crippen molar-refractivity contribution in [2.75, 3.05) is 18.8 Å². The maximum Gasteiger partial charge on any atom is 0.247 e. The van der Waals surface area contributed by atoms with Crippen molar-refractivity contribution in [1.82, 2.24) is 19.8 Å². The minimum Gasteiger partial charge on any atom is -0.383 e. The number of benzene rings is 1. The van der Waals surface area contributed by atoms with E-state index in [4.69, 9.17) is 17.3 Å². The van der Waals surface area contributed by atoms with Crippen molar-refractivity contribution in [3.8, 4) is 0 Å². The number of fused-ring (bicyclic) bond motifs is 1. The molecule has 3 heterocycles. The minimum absolute atomic E-state index is 0.0450. The number of amides is 2. The molecule has 0 unspecified atom stereocenters. The van der Waals surface area contributed by atoms with Gasteiger partial charge in [0.25, 0.3) is 0 Å². The van der Waals surface area contributed by atoms with Crippen LogP contribution in [0.5, 0.6) is 0 Å². The maximum absolute atomic E-state index is 13.1. The third-order valence-corrected chi connectivity index (χ3v) is 6.47. The molecule has 1 aromatic carbocycles. The second-order valence-corrected chi connectivity index (χ2v) is 8.89. The second kappa shape index (κ2) is 9.03. The number of halogens is 1. The molecule has 9 heteroatoms. The van der Waals surface area contributed by atoms with E-state index in [-0.39, 0.29) is 11.8 Å².